The molecule has 0 atom stereocenters. The second-order valence-corrected chi connectivity index (χ2v) is 6.77. The first-order valence-corrected chi connectivity index (χ1v) is 9.05. The highest BCUT2D eigenvalue weighted by Gasteiger charge is 2.24. The number of nitrogens with two attached hydrogens (primary N) is 1. The van der Waals surface area contributed by atoms with Crippen molar-refractivity contribution in [3.63, 3.8) is 0 Å². The van der Waals surface area contributed by atoms with Crippen LogP contribution in [0.3, 0.4) is 0 Å². The molecule has 2 heterocycles. The maximum absolute atomic E-state index is 12.2. The first-order valence-electron chi connectivity index (χ1n) is 9.05. The second kappa shape index (κ2) is 8.81. The van der Waals surface area contributed by atoms with Gasteiger partial charge in [-0.2, -0.15) is 0 Å². The molecule has 1 amide bonds. The lowest BCUT2D eigenvalue weighted by Gasteiger charge is -2.15. The highest BCUT2D eigenvalue weighted by atomic mass is 16.1. The predicted octanol–water partition coefficient (Wildman–Crippen LogP) is 3.25. The van der Waals surface area contributed by atoms with Gasteiger partial charge in [0.2, 0.25) is 0 Å². The number of pyridine rings is 1. The molecule has 0 aliphatic carbocycles. The SMILES string of the molecule is CCCCc1c(-c2ccccn2)c(C(N)=O)c(C)n1CCCN(C)C. The Labute approximate surface area is 150 Å². The molecular formula is C20H30N4O. The zero-order valence-electron chi connectivity index (χ0n) is 15.9. The van der Waals surface area contributed by atoms with E-state index in [0.717, 1.165) is 55.7 Å². The van der Waals surface area contributed by atoms with Crippen LogP contribution in [0.1, 0.15) is 47.9 Å². The summed E-state index contributed by atoms with van der Waals surface area (Å²) in [6, 6.07) is 5.80. The maximum Gasteiger partial charge on any atom is 0.251 e. The summed E-state index contributed by atoms with van der Waals surface area (Å²) in [5.41, 5.74) is 10.3. The van der Waals surface area contributed by atoms with Crippen molar-refractivity contribution in [1.29, 1.82) is 0 Å². The third kappa shape index (κ3) is 4.48. The van der Waals surface area contributed by atoms with Crippen LogP contribution in [0, 0.1) is 6.92 Å². The van der Waals surface area contributed by atoms with Gasteiger partial charge in [-0.15, -0.1) is 0 Å². The van der Waals surface area contributed by atoms with Crippen LogP contribution in [0.5, 0.6) is 0 Å². The molecule has 136 valence electrons. The first-order chi connectivity index (χ1) is 12.0. The molecule has 2 rings (SSSR count). The van der Waals surface area contributed by atoms with Crippen LogP contribution in [0.15, 0.2) is 24.4 Å². The summed E-state index contributed by atoms with van der Waals surface area (Å²) >= 11 is 0. The fraction of sp³-hybridized carbons (Fsp3) is 0.500. The van der Waals surface area contributed by atoms with Gasteiger partial charge in [0, 0.05) is 29.7 Å². The van der Waals surface area contributed by atoms with E-state index in [1.54, 1.807) is 6.20 Å². The molecule has 0 aliphatic rings. The number of nitrogens with zero attached hydrogens (tertiary/aromatic N) is 3. The van der Waals surface area contributed by atoms with Gasteiger partial charge in [0.15, 0.2) is 0 Å². The van der Waals surface area contributed by atoms with Crippen molar-refractivity contribution < 1.29 is 4.79 Å². The van der Waals surface area contributed by atoms with Gasteiger partial charge in [0.05, 0.1) is 11.3 Å². The van der Waals surface area contributed by atoms with Gasteiger partial charge in [-0.1, -0.05) is 19.4 Å². The van der Waals surface area contributed by atoms with E-state index >= 15 is 0 Å². The Morgan fingerprint density at radius 3 is 2.60 bits per heavy atom. The van der Waals surface area contributed by atoms with Crippen LogP contribution in [-0.4, -0.2) is 41.0 Å². The monoisotopic (exact) mass is 342 g/mol. The van der Waals surface area contributed by atoms with Crippen molar-refractivity contribution in [2.24, 2.45) is 5.73 Å². The molecule has 0 saturated carbocycles. The van der Waals surface area contributed by atoms with Crippen molar-refractivity contribution in [1.82, 2.24) is 14.5 Å². The van der Waals surface area contributed by atoms with E-state index in [0.29, 0.717) is 5.56 Å². The lowest BCUT2D eigenvalue weighted by atomic mass is 10.0. The van der Waals surface area contributed by atoms with Crippen molar-refractivity contribution >= 4 is 5.91 Å². The smallest absolute Gasteiger partial charge is 0.251 e. The van der Waals surface area contributed by atoms with Crippen LogP contribution in [-0.2, 0) is 13.0 Å². The Hall–Kier alpha value is -2.14. The number of primary amides is 1. The topological polar surface area (TPSA) is 64.1 Å². The van der Waals surface area contributed by atoms with Gasteiger partial charge >= 0.3 is 0 Å². The standard InChI is InChI=1S/C20H30N4O/c1-5-6-11-17-19(16-10-7-8-12-22-16)18(20(21)25)15(2)24(17)14-9-13-23(3)4/h7-8,10,12H,5-6,9,11,13-14H2,1-4H3,(H2,21,25). The lowest BCUT2D eigenvalue weighted by molar-refractivity contribution is 0.1000. The number of aromatic nitrogens is 2. The summed E-state index contributed by atoms with van der Waals surface area (Å²) in [5.74, 6) is -0.373. The fourth-order valence-electron chi connectivity index (χ4n) is 3.34. The molecule has 0 unspecified atom stereocenters. The van der Waals surface area contributed by atoms with Crippen molar-refractivity contribution in [3.05, 3.63) is 41.3 Å². The summed E-state index contributed by atoms with van der Waals surface area (Å²) in [6.45, 7) is 6.07. The Morgan fingerprint density at radius 1 is 1.28 bits per heavy atom. The third-order valence-electron chi connectivity index (χ3n) is 4.55. The van der Waals surface area contributed by atoms with Gasteiger partial charge in [0.25, 0.3) is 5.91 Å². The molecule has 2 aromatic heterocycles. The van der Waals surface area contributed by atoms with Crippen molar-refractivity contribution in [2.75, 3.05) is 20.6 Å². The highest BCUT2D eigenvalue weighted by molar-refractivity contribution is 6.01. The Morgan fingerprint density at radius 2 is 2.04 bits per heavy atom. The third-order valence-corrected chi connectivity index (χ3v) is 4.55. The van der Waals surface area contributed by atoms with E-state index in [4.69, 9.17) is 5.73 Å². The minimum Gasteiger partial charge on any atom is -0.366 e. The summed E-state index contributed by atoms with van der Waals surface area (Å²) in [6.07, 6.45) is 5.91. The van der Waals surface area contributed by atoms with E-state index in [2.05, 4.69) is 35.5 Å². The summed E-state index contributed by atoms with van der Waals surface area (Å²) in [4.78, 5) is 18.9. The number of carbonyl (C=O) groups excluding carboxylic acids is 1. The van der Waals surface area contributed by atoms with E-state index < -0.39 is 0 Å². The maximum atomic E-state index is 12.2. The van der Waals surface area contributed by atoms with Gasteiger partial charge in [-0.05, 0) is 59.0 Å². The van der Waals surface area contributed by atoms with Crippen LogP contribution in [0.4, 0.5) is 0 Å². The van der Waals surface area contributed by atoms with Crippen LogP contribution in [0.25, 0.3) is 11.3 Å². The molecular weight excluding hydrogens is 312 g/mol. The molecule has 0 spiro atoms. The molecule has 5 nitrogen and oxygen atoms in total. The fourth-order valence-corrected chi connectivity index (χ4v) is 3.34. The highest BCUT2D eigenvalue weighted by Crippen LogP contribution is 2.32. The van der Waals surface area contributed by atoms with E-state index in [-0.39, 0.29) is 5.91 Å². The quantitative estimate of drug-likeness (QED) is 0.761. The lowest BCUT2D eigenvalue weighted by Crippen LogP contribution is -2.17. The molecule has 0 bridgehead atoms. The van der Waals surface area contributed by atoms with Gasteiger partial charge in [0.1, 0.15) is 0 Å². The minimum absolute atomic E-state index is 0.373. The van der Waals surface area contributed by atoms with Gasteiger partial charge < -0.3 is 15.2 Å². The molecule has 0 aliphatic heterocycles. The molecule has 5 heteroatoms. The van der Waals surface area contributed by atoms with Crippen LogP contribution >= 0.6 is 0 Å². The number of hydrogen-bond acceptors (Lipinski definition) is 3. The molecule has 0 radical (unpaired) electrons. The van der Waals surface area contributed by atoms with Crippen LogP contribution < -0.4 is 5.73 Å². The predicted molar refractivity (Wildman–Crippen MR) is 103 cm³/mol. The van der Waals surface area contributed by atoms with Crippen molar-refractivity contribution in [3.8, 4) is 11.3 Å². The van der Waals surface area contributed by atoms with Crippen molar-refractivity contribution in [2.45, 2.75) is 46.1 Å². The summed E-state index contributed by atoms with van der Waals surface area (Å²) < 4.78 is 2.28. The molecule has 2 N–H and O–H groups in total. The van der Waals surface area contributed by atoms with Gasteiger partial charge in [-0.25, -0.2) is 0 Å². The Kier molecular flexibility index (Phi) is 6.76. The largest absolute Gasteiger partial charge is 0.366 e. The molecule has 0 saturated heterocycles. The normalized spacial score (nSPS) is 11.2. The zero-order chi connectivity index (χ0) is 18.4. The minimum atomic E-state index is -0.373. The second-order valence-electron chi connectivity index (χ2n) is 6.77. The molecule has 25 heavy (non-hydrogen) atoms. The number of hydrogen-bond donors (Lipinski definition) is 1. The number of rotatable bonds is 9. The average Bonchev–Trinajstić information content (AvgIpc) is 2.86. The summed E-state index contributed by atoms with van der Waals surface area (Å²) in [7, 11) is 4.16. The number of unbranched alkanes of at least 4 members (excludes halogenated alkanes) is 1. The Balaban J connectivity index is 2.55. The van der Waals surface area contributed by atoms with E-state index in [9.17, 15) is 4.79 Å². The molecule has 2 aromatic rings. The van der Waals surface area contributed by atoms with Gasteiger partial charge in [-0.3, -0.25) is 9.78 Å². The number of carbonyl (C=O) groups is 1. The average molecular weight is 342 g/mol. The zero-order valence-corrected chi connectivity index (χ0v) is 15.9. The van der Waals surface area contributed by atoms with E-state index in [1.807, 2.05) is 25.1 Å². The van der Waals surface area contributed by atoms with E-state index in [1.165, 1.54) is 5.69 Å². The molecule has 0 fully saturated rings. The summed E-state index contributed by atoms with van der Waals surface area (Å²) in [5, 5.41) is 0. The molecule has 0 aromatic carbocycles. The first kappa shape index (κ1) is 19.2. The Bertz CT molecular complexity index is 704. The van der Waals surface area contributed by atoms with Crippen LogP contribution in [0.2, 0.25) is 0 Å². The number of amides is 1.